The third-order valence-corrected chi connectivity index (χ3v) is 3.93. The number of carbonyl (C=O) groups excluding carboxylic acids is 1. The molecule has 0 bridgehead atoms. The van der Waals surface area contributed by atoms with Gasteiger partial charge >= 0.3 is 0 Å². The molecule has 0 saturated carbocycles. The zero-order valence-corrected chi connectivity index (χ0v) is 12.1. The third-order valence-electron chi connectivity index (χ3n) is 2.53. The minimum Gasteiger partial charge on any atom is -0.346 e. The molecule has 0 spiro atoms. The molecule has 0 radical (unpaired) electrons. The first kappa shape index (κ1) is 14.6. The number of nitrogens with zero attached hydrogens (tertiary/aromatic N) is 1. The topological polar surface area (TPSA) is 72.2 Å². The van der Waals surface area contributed by atoms with Crippen molar-refractivity contribution in [1.82, 2.24) is 5.32 Å². The summed E-state index contributed by atoms with van der Waals surface area (Å²) in [5.41, 5.74) is 0.261. The average molecular weight is 315 g/mol. The van der Waals surface area contributed by atoms with Gasteiger partial charge in [0.1, 0.15) is 0 Å². The molecular formula is C12H15BrN2O3. The van der Waals surface area contributed by atoms with Gasteiger partial charge in [0, 0.05) is 28.1 Å². The molecule has 0 saturated heterocycles. The van der Waals surface area contributed by atoms with Gasteiger partial charge in [-0.05, 0) is 26.8 Å². The van der Waals surface area contributed by atoms with E-state index >= 15 is 0 Å². The van der Waals surface area contributed by atoms with Crippen LogP contribution in [0.3, 0.4) is 0 Å². The van der Waals surface area contributed by atoms with Gasteiger partial charge in [-0.15, -0.1) is 0 Å². The number of nitrogens with one attached hydrogen (secondary N) is 1. The minimum atomic E-state index is -0.484. The molecule has 1 rings (SSSR count). The molecular weight excluding hydrogens is 300 g/mol. The van der Waals surface area contributed by atoms with E-state index in [1.807, 2.05) is 13.8 Å². The molecule has 1 N–H and O–H groups in total. The van der Waals surface area contributed by atoms with Crippen LogP contribution in [0.1, 0.15) is 29.8 Å². The Kier molecular flexibility index (Phi) is 4.45. The Balaban J connectivity index is 3.08. The van der Waals surface area contributed by atoms with E-state index in [1.54, 1.807) is 13.0 Å². The maximum atomic E-state index is 12.1. The lowest BCUT2D eigenvalue weighted by Gasteiger charge is -2.23. The number of halogens is 1. The van der Waals surface area contributed by atoms with Gasteiger partial charge in [-0.3, -0.25) is 14.9 Å². The van der Waals surface area contributed by atoms with Gasteiger partial charge in [0.05, 0.1) is 4.92 Å². The first-order chi connectivity index (χ1) is 8.28. The highest BCUT2D eigenvalue weighted by molar-refractivity contribution is 9.09. The molecule has 1 aromatic carbocycles. The molecule has 0 aliphatic rings. The Labute approximate surface area is 114 Å². The summed E-state index contributed by atoms with van der Waals surface area (Å²) in [5, 5.41) is 14.2. The quantitative estimate of drug-likeness (QED) is 0.527. The highest BCUT2D eigenvalue weighted by Crippen LogP contribution is 2.21. The van der Waals surface area contributed by atoms with Crippen LogP contribution in [0.5, 0.6) is 0 Å². The van der Waals surface area contributed by atoms with Crippen LogP contribution in [0.4, 0.5) is 5.69 Å². The molecule has 0 unspecified atom stereocenters. The van der Waals surface area contributed by atoms with E-state index < -0.39 is 10.5 Å². The summed E-state index contributed by atoms with van der Waals surface area (Å²) in [6, 6.07) is 4.49. The van der Waals surface area contributed by atoms with Crippen molar-refractivity contribution in [2.75, 3.05) is 5.33 Å². The molecule has 5 nitrogen and oxygen atoms in total. The monoisotopic (exact) mass is 314 g/mol. The van der Waals surface area contributed by atoms with Gasteiger partial charge in [0.25, 0.3) is 11.6 Å². The molecule has 0 fully saturated rings. The van der Waals surface area contributed by atoms with E-state index in [2.05, 4.69) is 21.2 Å². The summed E-state index contributed by atoms with van der Waals surface area (Å²) in [5.74, 6) is -0.305. The van der Waals surface area contributed by atoms with Gasteiger partial charge in [-0.1, -0.05) is 22.0 Å². The first-order valence-electron chi connectivity index (χ1n) is 5.41. The van der Waals surface area contributed by atoms with Crippen LogP contribution in [0.2, 0.25) is 0 Å². The lowest BCUT2D eigenvalue weighted by Crippen LogP contribution is -2.45. The second kappa shape index (κ2) is 5.48. The number of rotatable bonds is 4. The lowest BCUT2D eigenvalue weighted by atomic mass is 10.0. The summed E-state index contributed by atoms with van der Waals surface area (Å²) in [4.78, 5) is 22.4. The first-order valence-corrected chi connectivity index (χ1v) is 6.53. The predicted molar refractivity (Wildman–Crippen MR) is 73.2 cm³/mol. The van der Waals surface area contributed by atoms with Crippen molar-refractivity contribution in [2.45, 2.75) is 26.3 Å². The fourth-order valence-electron chi connectivity index (χ4n) is 1.48. The Morgan fingerprint density at radius 2 is 2.11 bits per heavy atom. The van der Waals surface area contributed by atoms with E-state index in [0.29, 0.717) is 16.5 Å². The zero-order chi connectivity index (χ0) is 13.9. The number of carbonyl (C=O) groups is 1. The van der Waals surface area contributed by atoms with Gasteiger partial charge in [-0.2, -0.15) is 0 Å². The number of hydrogen-bond acceptors (Lipinski definition) is 3. The van der Waals surface area contributed by atoms with E-state index in [1.165, 1.54) is 12.1 Å². The number of alkyl halides is 1. The van der Waals surface area contributed by atoms with Crippen LogP contribution in [0, 0.1) is 17.0 Å². The molecule has 0 atom stereocenters. The van der Waals surface area contributed by atoms with Crippen molar-refractivity contribution in [2.24, 2.45) is 0 Å². The molecule has 1 aromatic rings. The van der Waals surface area contributed by atoms with Crippen LogP contribution < -0.4 is 5.32 Å². The molecule has 0 aromatic heterocycles. The van der Waals surface area contributed by atoms with Crippen molar-refractivity contribution in [3.8, 4) is 0 Å². The van der Waals surface area contributed by atoms with Gasteiger partial charge in [0.15, 0.2) is 0 Å². The Hall–Kier alpha value is -1.43. The fourth-order valence-corrected chi connectivity index (χ4v) is 1.62. The summed E-state index contributed by atoms with van der Waals surface area (Å²) < 4.78 is 0. The second-order valence-electron chi connectivity index (χ2n) is 4.68. The van der Waals surface area contributed by atoms with Crippen LogP contribution in [0.25, 0.3) is 0 Å². The third kappa shape index (κ3) is 3.29. The number of amides is 1. The second-order valence-corrected chi connectivity index (χ2v) is 5.24. The van der Waals surface area contributed by atoms with Gasteiger partial charge in [0.2, 0.25) is 0 Å². The smallest absolute Gasteiger partial charge is 0.273 e. The van der Waals surface area contributed by atoms with E-state index in [0.717, 1.165) is 0 Å². The molecule has 0 aliphatic carbocycles. The van der Waals surface area contributed by atoms with Crippen molar-refractivity contribution in [1.29, 1.82) is 0 Å². The molecule has 0 heterocycles. The van der Waals surface area contributed by atoms with E-state index in [4.69, 9.17) is 0 Å². The van der Waals surface area contributed by atoms with Gasteiger partial charge < -0.3 is 5.32 Å². The molecule has 98 valence electrons. The van der Waals surface area contributed by atoms with E-state index in [-0.39, 0.29) is 11.6 Å². The van der Waals surface area contributed by atoms with Crippen molar-refractivity contribution in [3.63, 3.8) is 0 Å². The summed E-state index contributed by atoms with van der Waals surface area (Å²) in [6.07, 6.45) is 0. The Bertz CT molecular complexity index is 486. The number of benzene rings is 1. The lowest BCUT2D eigenvalue weighted by molar-refractivity contribution is -0.385. The van der Waals surface area contributed by atoms with Crippen molar-refractivity contribution < 1.29 is 9.72 Å². The summed E-state index contributed by atoms with van der Waals surface area (Å²) in [6.45, 7) is 5.31. The van der Waals surface area contributed by atoms with Crippen molar-refractivity contribution >= 4 is 27.5 Å². The Morgan fingerprint density at radius 1 is 1.50 bits per heavy atom. The number of nitro groups is 1. The maximum Gasteiger partial charge on any atom is 0.273 e. The highest BCUT2D eigenvalue weighted by atomic mass is 79.9. The average Bonchev–Trinajstić information content (AvgIpc) is 2.28. The SMILES string of the molecule is Cc1c(C(=O)NC(C)(C)CBr)cccc1[N+](=O)[O-]. The van der Waals surface area contributed by atoms with E-state index in [9.17, 15) is 14.9 Å². The van der Waals surface area contributed by atoms with Gasteiger partial charge in [-0.25, -0.2) is 0 Å². The predicted octanol–water partition coefficient (Wildman–Crippen LogP) is 2.81. The maximum absolute atomic E-state index is 12.1. The standard InChI is InChI=1S/C12H15BrN2O3/c1-8-9(5-4-6-10(8)15(17)18)11(16)14-12(2,3)7-13/h4-6H,7H2,1-3H3,(H,14,16). The molecule has 0 aliphatic heterocycles. The number of hydrogen-bond donors (Lipinski definition) is 1. The summed E-state index contributed by atoms with van der Waals surface area (Å²) in [7, 11) is 0. The summed E-state index contributed by atoms with van der Waals surface area (Å²) >= 11 is 3.31. The van der Waals surface area contributed by atoms with Crippen molar-refractivity contribution in [3.05, 3.63) is 39.4 Å². The Morgan fingerprint density at radius 3 is 2.61 bits per heavy atom. The fraction of sp³-hybridized carbons (Fsp3) is 0.417. The van der Waals surface area contributed by atoms with Crippen LogP contribution in [0.15, 0.2) is 18.2 Å². The molecule has 1 amide bonds. The highest BCUT2D eigenvalue weighted by Gasteiger charge is 2.23. The zero-order valence-electron chi connectivity index (χ0n) is 10.5. The largest absolute Gasteiger partial charge is 0.346 e. The minimum absolute atomic E-state index is 0.0423. The molecule has 6 heteroatoms. The molecule has 18 heavy (non-hydrogen) atoms. The van der Waals surface area contributed by atoms with Crippen LogP contribution in [-0.4, -0.2) is 21.7 Å². The van der Waals surface area contributed by atoms with Crippen LogP contribution >= 0.6 is 15.9 Å². The number of nitro benzene ring substituents is 1. The normalized spacial score (nSPS) is 11.1. The van der Waals surface area contributed by atoms with Crippen LogP contribution in [-0.2, 0) is 0 Å².